The van der Waals surface area contributed by atoms with Crippen LogP contribution in [-0.2, 0) is 17.7 Å². The summed E-state index contributed by atoms with van der Waals surface area (Å²) in [4.78, 5) is 22.9. The molecule has 9 heteroatoms. The van der Waals surface area contributed by atoms with E-state index in [2.05, 4.69) is 44.7 Å². The van der Waals surface area contributed by atoms with Crippen molar-refractivity contribution in [2.45, 2.75) is 37.0 Å². The molecule has 5 rings (SSSR count). The van der Waals surface area contributed by atoms with Crippen LogP contribution in [0.1, 0.15) is 37.2 Å². The maximum Gasteiger partial charge on any atom is 0.268 e. The van der Waals surface area contributed by atoms with Crippen molar-refractivity contribution in [1.82, 2.24) is 19.9 Å². The first-order valence-corrected chi connectivity index (χ1v) is 13.3. The molecule has 1 atom stereocenters. The van der Waals surface area contributed by atoms with Crippen molar-refractivity contribution in [2.24, 2.45) is 0 Å². The molecular formula is C28H27N5O3S. The number of nitrogens with zero attached hydrogens (tertiary/aromatic N) is 3. The molecule has 1 aliphatic heterocycles. The first-order valence-electron chi connectivity index (χ1n) is 12.1. The van der Waals surface area contributed by atoms with Gasteiger partial charge >= 0.3 is 0 Å². The van der Waals surface area contributed by atoms with E-state index in [1.165, 1.54) is 22.0 Å². The average molecular weight is 514 g/mol. The van der Waals surface area contributed by atoms with Crippen LogP contribution in [0.15, 0.2) is 69.0 Å². The molecule has 4 heterocycles. The average Bonchev–Trinajstić information content (AvgIpc) is 3.39. The highest BCUT2D eigenvalue weighted by molar-refractivity contribution is 7.92. The van der Waals surface area contributed by atoms with Crippen molar-refractivity contribution in [2.75, 3.05) is 18.4 Å². The second-order valence-electron chi connectivity index (χ2n) is 9.01. The molecule has 0 bridgehead atoms. The minimum atomic E-state index is -1.27. The van der Waals surface area contributed by atoms with E-state index in [0.717, 1.165) is 25.2 Å². The molecule has 8 nitrogen and oxygen atoms in total. The van der Waals surface area contributed by atoms with Gasteiger partial charge in [-0.15, -0.1) is 6.42 Å². The quantitative estimate of drug-likeness (QED) is 0.284. The smallest absolute Gasteiger partial charge is 0.268 e. The maximum absolute atomic E-state index is 13.2. The molecule has 0 saturated carbocycles. The summed E-state index contributed by atoms with van der Waals surface area (Å²) < 4.78 is 19.8. The van der Waals surface area contributed by atoms with E-state index in [-0.39, 0.29) is 22.9 Å². The van der Waals surface area contributed by atoms with Crippen LogP contribution in [0.2, 0.25) is 0 Å². The molecule has 0 spiro atoms. The lowest BCUT2D eigenvalue weighted by atomic mass is 10.0. The number of aromatic nitrogens is 3. The molecule has 0 fully saturated rings. The second-order valence-corrected chi connectivity index (χ2v) is 11.0. The molecule has 4 aromatic rings. The highest BCUT2D eigenvalue weighted by Gasteiger charge is 2.24. The van der Waals surface area contributed by atoms with Crippen LogP contribution < -0.4 is 16.2 Å². The van der Waals surface area contributed by atoms with E-state index in [4.69, 9.17) is 10.8 Å². The van der Waals surface area contributed by atoms with Crippen LogP contribution in [0.3, 0.4) is 0 Å². The maximum atomic E-state index is 13.2. The third-order valence-electron chi connectivity index (χ3n) is 6.21. The number of rotatable bonds is 7. The summed E-state index contributed by atoms with van der Waals surface area (Å²) in [5, 5.41) is 7.06. The van der Waals surface area contributed by atoms with Gasteiger partial charge in [0.15, 0.2) is 10.7 Å². The Morgan fingerprint density at radius 2 is 2.11 bits per heavy atom. The number of anilines is 2. The number of terminal acetylenes is 1. The fraction of sp³-hybridized carbons (Fsp3) is 0.250. The van der Waals surface area contributed by atoms with Crippen LogP contribution in [0.4, 0.5) is 11.6 Å². The molecule has 0 saturated heterocycles. The zero-order valence-electron chi connectivity index (χ0n) is 20.7. The van der Waals surface area contributed by atoms with E-state index in [9.17, 15) is 9.35 Å². The van der Waals surface area contributed by atoms with Crippen molar-refractivity contribution in [3.63, 3.8) is 0 Å². The van der Waals surface area contributed by atoms with Crippen molar-refractivity contribution < 1.29 is 8.97 Å². The highest BCUT2D eigenvalue weighted by atomic mass is 32.2. The largest absolute Gasteiger partial charge is 0.611 e. The zero-order valence-corrected chi connectivity index (χ0v) is 21.5. The SMILES string of the molecule is C#Cc1cc2cnc(Nc3ccc(C4=CCNCC4)cc3)nc2n(Cc2occc2[S+]([O-])C(C)C)c1=O. The van der Waals surface area contributed by atoms with Crippen LogP contribution >= 0.6 is 0 Å². The first kappa shape index (κ1) is 24.8. The Labute approximate surface area is 218 Å². The summed E-state index contributed by atoms with van der Waals surface area (Å²) in [7, 11) is 0. The lowest BCUT2D eigenvalue weighted by Gasteiger charge is -2.15. The molecule has 37 heavy (non-hydrogen) atoms. The molecule has 3 aromatic heterocycles. The monoisotopic (exact) mass is 513 g/mol. The van der Waals surface area contributed by atoms with Crippen LogP contribution in [0.5, 0.6) is 0 Å². The van der Waals surface area contributed by atoms with E-state index in [1.807, 2.05) is 26.0 Å². The van der Waals surface area contributed by atoms with Crippen LogP contribution in [0.25, 0.3) is 16.6 Å². The van der Waals surface area contributed by atoms with Gasteiger partial charge in [-0.25, -0.2) is 4.98 Å². The second kappa shape index (κ2) is 10.6. The summed E-state index contributed by atoms with van der Waals surface area (Å²) in [6, 6.07) is 11.4. The molecular weight excluding hydrogens is 486 g/mol. The fourth-order valence-corrected chi connectivity index (χ4v) is 5.31. The lowest BCUT2D eigenvalue weighted by Crippen LogP contribution is -2.25. The third kappa shape index (κ3) is 5.18. The lowest BCUT2D eigenvalue weighted by molar-refractivity contribution is 0.480. The van der Waals surface area contributed by atoms with Gasteiger partial charge in [0.25, 0.3) is 5.56 Å². The van der Waals surface area contributed by atoms with E-state index in [0.29, 0.717) is 27.6 Å². The Morgan fingerprint density at radius 3 is 2.81 bits per heavy atom. The standard InChI is InChI=1S/C28H27N5O3S/c1-4-19-15-22-16-30-28(31-23-7-5-20(6-8-23)21-9-12-29-13-10-21)32-26(22)33(27(19)34)17-24-25(11-14-36-24)37(35)18(2)3/h1,5-9,11,14-16,18,29H,10,12-13,17H2,2-3H3,(H,30,31,32). The first-order chi connectivity index (χ1) is 17.9. The number of fused-ring (bicyclic) bond motifs is 1. The summed E-state index contributed by atoms with van der Waals surface area (Å²) in [5.74, 6) is 3.22. The fourth-order valence-electron chi connectivity index (χ4n) is 4.27. The molecule has 2 N–H and O–H groups in total. The van der Waals surface area contributed by atoms with Gasteiger partial charge in [-0.2, -0.15) is 4.98 Å². The van der Waals surface area contributed by atoms with Gasteiger partial charge in [0.05, 0.1) is 18.4 Å². The highest BCUT2D eigenvalue weighted by Crippen LogP contribution is 2.25. The summed E-state index contributed by atoms with van der Waals surface area (Å²) in [6.45, 7) is 5.65. The Balaban J connectivity index is 1.49. The predicted octanol–water partition coefficient (Wildman–Crippen LogP) is 4.05. The van der Waals surface area contributed by atoms with Crippen molar-refractivity contribution >= 4 is 39.4 Å². The number of furan rings is 1. The molecule has 188 valence electrons. The predicted molar refractivity (Wildman–Crippen MR) is 146 cm³/mol. The zero-order chi connectivity index (χ0) is 25.9. The van der Waals surface area contributed by atoms with Gasteiger partial charge < -0.3 is 19.6 Å². The molecule has 0 amide bonds. The molecule has 1 aliphatic rings. The van der Waals surface area contributed by atoms with Gasteiger partial charge in [-0.3, -0.25) is 9.36 Å². The topological polar surface area (TPSA) is 108 Å². The van der Waals surface area contributed by atoms with Gasteiger partial charge in [-0.1, -0.05) is 24.1 Å². The minimum absolute atomic E-state index is 0.0424. The molecule has 0 radical (unpaired) electrons. The molecule has 0 aliphatic carbocycles. The van der Waals surface area contributed by atoms with Crippen molar-refractivity contribution in [1.29, 1.82) is 0 Å². The van der Waals surface area contributed by atoms with Crippen LogP contribution in [-0.4, -0.2) is 37.4 Å². The number of benzene rings is 1. The van der Waals surface area contributed by atoms with Gasteiger partial charge in [0.2, 0.25) is 5.95 Å². The van der Waals surface area contributed by atoms with E-state index < -0.39 is 11.2 Å². The van der Waals surface area contributed by atoms with Gasteiger partial charge in [0, 0.05) is 29.9 Å². The van der Waals surface area contributed by atoms with Gasteiger partial charge in [0.1, 0.15) is 10.9 Å². The Morgan fingerprint density at radius 1 is 1.30 bits per heavy atom. The van der Waals surface area contributed by atoms with E-state index in [1.54, 1.807) is 18.3 Å². The minimum Gasteiger partial charge on any atom is -0.611 e. The summed E-state index contributed by atoms with van der Waals surface area (Å²) in [5.41, 5.74) is 3.56. The summed E-state index contributed by atoms with van der Waals surface area (Å²) in [6.07, 6.45) is 11.9. The van der Waals surface area contributed by atoms with Gasteiger partial charge in [-0.05, 0) is 67.3 Å². The number of hydrogen-bond acceptors (Lipinski definition) is 7. The Bertz CT molecular complexity index is 1560. The number of pyridine rings is 1. The van der Waals surface area contributed by atoms with Crippen LogP contribution in [0, 0.1) is 12.3 Å². The normalized spacial score (nSPS) is 14.4. The van der Waals surface area contributed by atoms with E-state index >= 15 is 0 Å². The Kier molecular flexibility index (Phi) is 7.15. The van der Waals surface area contributed by atoms with Crippen molar-refractivity contribution in [3.05, 3.63) is 82.2 Å². The summed E-state index contributed by atoms with van der Waals surface area (Å²) >= 11 is -1.27. The third-order valence-corrected chi connectivity index (χ3v) is 7.86. The number of nitrogens with one attached hydrogen (secondary N) is 2. The van der Waals surface area contributed by atoms with Crippen molar-refractivity contribution in [3.8, 4) is 12.3 Å². The molecule has 1 unspecified atom stereocenters. The number of hydrogen-bond donors (Lipinski definition) is 2. The Hall–Kier alpha value is -3.84. The molecule has 1 aromatic carbocycles.